The summed E-state index contributed by atoms with van der Waals surface area (Å²) in [5.41, 5.74) is 0. The van der Waals surface area contributed by atoms with Crippen molar-refractivity contribution in [1.82, 2.24) is 10.2 Å². The van der Waals surface area contributed by atoms with Crippen LogP contribution in [-0.2, 0) is 11.3 Å². The maximum absolute atomic E-state index is 12.0. The molecule has 3 nitrogen and oxygen atoms in total. The molecule has 1 fully saturated rings. The van der Waals surface area contributed by atoms with Gasteiger partial charge in [-0.1, -0.05) is 12.1 Å². The van der Waals surface area contributed by atoms with Crippen LogP contribution in [0.25, 0.3) is 0 Å². The van der Waals surface area contributed by atoms with Gasteiger partial charge in [-0.3, -0.25) is 9.69 Å². The molecule has 1 aliphatic rings. The Labute approximate surface area is 119 Å². The van der Waals surface area contributed by atoms with Gasteiger partial charge in [-0.2, -0.15) is 0 Å². The zero-order chi connectivity index (χ0) is 13.7. The fraction of sp³-hybridized carbons (Fsp3) is 0.533. The average Bonchev–Trinajstić information content (AvgIpc) is 3.09. The summed E-state index contributed by atoms with van der Waals surface area (Å²) in [7, 11) is 0. The molecule has 0 aliphatic heterocycles. The number of hydrogen-bond donors (Lipinski definition) is 1. The molecule has 1 unspecified atom stereocenters. The molecule has 1 aromatic rings. The minimum absolute atomic E-state index is 0.123. The van der Waals surface area contributed by atoms with Crippen LogP contribution in [0.3, 0.4) is 0 Å². The maximum Gasteiger partial charge on any atom is 0.234 e. The highest BCUT2D eigenvalue weighted by Crippen LogP contribution is 2.32. The molecule has 1 saturated carbocycles. The van der Waals surface area contributed by atoms with Crippen LogP contribution in [0.2, 0.25) is 0 Å². The summed E-state index contributed by atoms with van der Waals surface area (Å²) in [6, 6.07) is 4.46. The van der Waals surface area contributed by atoms with Gasteiger partial charge in [0.25, 0.3) is 0 Å². The minimum Gasteiger partial charge on any atom is -0.352 e. The van der Waals surface area contributed by atoms with Crippen molar-refractivity contribution in [3.8, 4) is 0 Å². The number of nitrogens with zero attached hydrogens (tertiary/aromatic N) is 1. The molecule has 0 radical (unpaired) electrons. The van der Waals surface area contributed by atoms with Crippen LogP contribution < -0.4 is 5.32 Å². The largest absolute Gasteiger partial charge is 0.352 e. The molecule has 1 aliphatic carbocycles. The number of carbonyl (C=O) groups is 1. The lowest BCUT2D eigenvalue weighted by atomic mass is 10.2. The van der Waals surface area contributed by atoms with E-state index < -0.39 is 0 Å². The molecule has 19 heavy (non-hydrogen) atoms. The highest BCUT2D eigenvalue weighted by atomic mass is 32.1. The SMILES string of the molecule is C=CCN(CC(=O)NC(C)C1CC1)Cc1cccs1. The van der Waals surface area contributed by atoms with E-state index in [1.54, 1.807) is 11.3 Å². The minimum atomic E-state index is 0.123. The third-order valence-electron chi connectivity index (χ3n) is 3.43. The van der Waals surface area contributed by atoms with Gasteiger partial charge in [-0.25, -0.2) is 0 Å². The zero-order valence-corrected chi connectivity index (χ0v) is 12.3. The van der Waals surface area contributed by atoms with E-state index in [1.165, 1.54) is 17.7 Å². The first-order valence-corrected chi connectivity index (χ1v) is 7.72. The van der Waals surface area contributed by atoms with Gasteiger partial charge < -0.3 is 5.32 Å². The van der Waals surface area contributed by atoms with Crippen LogP contribution in [0.5, 0.6) is 0 Å². The van der Waals surface area contributed by atoms with Crippen molar-refractivity contribution in [3.05, 3.63) is 35.0 Å². The lowest BCUT2D eigenvalue weighted by Gasteiger charge is -2.21. The van der Waals surface area contributed by atoms with Gasteiger partial charge in [0.15, 0.2) is 0 Å². The van der Waals surface area contributed by atoms with Gasteiger partial charge >= 0.3 is 0 Å². The molecule has 104 valence electrons. The van der Waals surface area contributed by atoms with Crippen LogP contribution in [0.15, 0.2) is 30.2 Å². The first kappa shape index (κ1) is 14.3. The van der Waals surface area contributed by atoms with E-state index in [0.29, 0.717) is 18.5 Å². The molecule has 0 aromatic carbocycles. The number of rotatable bonds is 8. The lowest BCUT2D eigenvalue weighted by molar-refractivity contribution is -0.123. The second kappa shape index (κ2) is 6.87. The van der Waals surface area contributed by atoms with E-state index >= 15 is 0 Å². The van der Waals surface area contributed by atoms with Crippen LogP contribution in [0.4, 0.5) is 0 Å². The van der Waals surface area contributed by atoms with Crippen molar-refractivity contribution in [2.24, 2.45) is 5.92 Å². The van der Waals surface area contributed by atoms with Crippen LogP contribution in [0, 0.1) is 5.92 Å². The number of nitrogens with one attached hydrogen (secondary N) is 1. The predicted molar refractivity (Wildman–Crippen MR) is 80.1 cm³/mol. The van der Waals surface area contributed by atoms with Crippen molar-refractivity contribution in [1.29, 1.82) is 0 Å². The number of hydrogen-bond acceptors (Lipinski definition) is 3. The van der Waals surface area contributed by atoms with E-state index in [9.17, 15) is 4.79 Å². The normalized spacial score (nSPS) is 16.3. The van der Waals surface area contributed by atoms with Gasteiger partial charge in [0.05, 0.1) is 6.54 Å². The molecule has 0 saturated heterocycles. The molecule has 4 heteroatoms. The lowest BCUT2D eigenvalue weighted by Crippen LogP contribution is -2.41. The first-order chi connectivity index (χ1) is 9.19. The molecular weight excluding hydrogens is 256 g/mol. The highest BCUT2D eigenvalue weighted by Gasteiger charge is 2.29. The van der Waals surface area contributed by atoms with E-state index in [4.69, 9.17) is 0 Å². The molecule has 1 heterocycles. The summed E-state index contributed by atoms with van der Waals surface area (Å²) in [6.07, 6.45) is 4.37. The van der Waals surface area contributed by atoms with Crippen LogP contribution >= 0.6 is 11.3 Å². The fourth-order valence-corrected chi connectivity index (χ4v) is 2.95. The fourth-order valence-electron chi connectivity index (χ4n) is 2.21. The monoisotopic (exact) mass is 278 g/mol. The van der Waals surface area contributed by atoms with E-state index in [2.05, 4.69) is 35.2 Å². The van der Waals surface area contributed by atoms with E-state index in [1.807, 2.05) is 12.1 Å². The quantitative estimate of drug-likeness (QED) is 0.741. The van der Waals surface area contributed by atoms with Crippen molar-refractivity contribution in [3.63, 3.8) is 0 Å². The van der Waals surface area contributed by atoms with Gasteiger partial charge in [0, 0.05) is 24.0 Å². The van der Waals surface area contributed by atoms with E-state index in [-0.39, 0.29) is 5.91 Å². The topological polar surface area (TPSA) is 32.3 Å². The van der Waals surface area contributed by atoms with E-state index in [0.717, 1.165) is 13.1 Å². The smallest absolute Gasteiger partial charge is 0.234 e. The second-order valence-corrected chi connectivity index (χ2v) is 6.26. The second-order valence-electron chi connectivity index (χ2n) is 5.23. The maximum atomic E-state index is 12.0. The summed E-state index contributed by atoms with van der Waals surface area (Å²) in [6.45, 7) is 7.87. The Balaban J connectivity index is 1.81. The third kappa shape index (κ3) is 4.80. The summed E-state index contributed by atoms with van der Waals surface area (Å²) < 4.78 is 0. The Hall–Kier alpha value is -1.13. The molecule has 1 aromatic heterocycles. The standard InChI is InChI=1S/C15H22N2OS/c1-3-8-17(10-14-5-4-9-19-14)11-15(18)16-12(2)13-6-7-13/h3-5,9,12-13H,1,6-8,10-11H2,2H3,(H,16,18). The Morgan fingerprint density at radius 1 is 1.68 bits per heavy atom. The molecule has 0 spiro atoms. The Bertz CT molecular complexity index is 412. The molecule has 1 amide bonds. The Morgan fingerprint density at radius 2 is 2.47 bits per heavy atom. The predicted octanol–water partition coefficient (Wildman–Crippen LogP) is 2.65. The molecule has 1 N–H and O–H groups in total. The van der Waals surface area contributed by atoms with Gasteiger partial charge in [-0.15, -0.1) is 17.9 Å². The molecule has 0 bridgehead atoms. The molecule has 2 rings (SSSR count). The van der Waals surface area contributed by atoms with Crippen LogP contribution in [-0.4, -0.2) is 29.9 Å². The van der Waals surface area contributed by atoms with Gasteiger partial charge in [0.2, 0.25) is 5.91 Å². The highest BCUT2D eigenvalue weighted by molar-refractivity contribution is 7.09. The van der Waals surface area contributed by atoms with Crippen molar-refractivity contribution >= 4 is 17.2 Å². The third-order valence-corrected chi connectivity index (χ3v) is 4.29. The van der Waals surface area contributed by atoms with Gasteiger partial charge in [-0.05, 0) is 37.1 Å². The molecule has 1 atom stereocenters. The van der Waals surface area contributed by atoms with Crippen molar-refractivity contribution < 1.29 is 4.79 Å². The summed E-state index contributed by atoms with van der Waals surface area (Å²) in [5, 5.41) is 5.16. The van der Waals surface area contributed by atoms with Crippen LogP contribution in [0.1, 0.15) is 24.6 Å². The Kier molecular flexibility index (Phi) is 5.16. The molecular formula is C15H22N2OS. The first-order valence-electron chi connectivity index (χ1n) is 6.84. The summed E-state index contributed by atoms with van der Waals surface area (Å²) in [5.74, 6) is 0.826. The average molecular weight is 278 g/mol. The number of thiophene rings is 1. The van der Waals surface area contributed by atoms with Gasteiger partial charge in [0.1, 0.15) is 0 Å². The summed E-state index contributed by atoms with van der Waals surface area (Å²) in [4.78, 5) is 15.4. The number of carbonyl (C=O) groups excluding carboxylic acids is 1. The van der Waals surface area contributed by atoms with Crippen molar-refractivity contribution in [2.75, 3.05) is 13.1 Å². The zero-order valence-electron chi connectivity index (χ0n) is 11.5. The van der Waals surface area contributed by atoms with Crippen molar-refractivity contribution in [2.45, 2.75) is 32.4 Å². The Morgan fingerprint density at radius 3 is 3.05 bits per heavy atom. The summed E-state index contributed by atoms with van der Waals surface area (Å²) >= 11 is 1.73. The number of amides is 1.